The summed E-state index contributed by atoms with van der Waals surface area (Å²) in [7, 11) is -3.75. The lowest BCUT2D eigenvalue weighted by molar-refractivity contribution is 0.567. The van der Waals surface area contributed by atoms with Crippen LogP contribution < -0.4 is 9.60 Å². The molecular formula is C23H21ClN2O3S2. The molecule has 1 aromatic heterocycles. The van der Waals surface area contributed by atoms with Crippen LogP contribution in [0.3, 0.4) is 0 Å². The number of hydrogen-bond acceptors (Lipinski definition) is 4. The minimum atomic E-state index is -3.75. The fraction of sp³-hybridized carbons (Fsp3) is 0.174. The Kier molecular flexibility index (Phi) is 6.03. The maximum absolute atomic E-state index is 12.9. The van der Waals surface area contributed by atoms with Crippen molar-refractivity contribution in [3.05, 3.63) is 98.1 Å². The number of sulfonamides is 1. The number of nitrogens with zero attached hydrogens (tertiary/aromatic N) is 1. The van der Waals surface area contributed by atoms with Gasteiger partial charge in [-0.3, -0.25) is 9.36 Å². The molecule has 1 heterocycles. The third kappa shape index (κ3) is 4.75. The highest BCUT2D eigenvalue weighted by Gasteiger charge is 2.20. The van der Waals surface area contributed by atoms with E-state index in [-0.39, 0.29) is 15.8 Å². The normalized spacial score (nSPS) is 12.9. The summed E-state index contributed by atoms with van der Waals surface area (Å²) in [6, 6.07) is 19.4. The second kappa shape index (κ2) is 8.59. The number of nitrogens with one attached hydrogen (secondary N) is 1. The minimum Gasteiger partial charge on any atom is -0.294 e. The Balaban J connectivity index is 1.62. The predicted octanol–water partition coefficient (Wildman–Crippen LogP) is 5.11. The lowest BCUT2D eigenvalue weighted by Gasteiger charge is -2.15. The van der Waals surface area contributed by atoms with Gasteiger partial charge in [-0.15, -0.1) is 0 Å². The highest BCUT2D eigenvalue weighted by atomic mass is 35.5. The smallest absolute Gasteiger partial charge is 0.294 e. The summed E-state index contributed by atoms with van der Waals surface area (Å²) >= 11 is 6.97. The third-order valence-corrected chi connectivity index (χ3v) is 7.85. The maximum Gasteiger partial charge on any atom is 0.308 e. The van der Waals surface area contributed by atoms with E-state index in [1.165, 1.54) is 6.07 Å². The van der Waals surface area contributed by atoms with Crippen molar-refractivity contribution in [3.63, 3.8) is 0 Å². The van der Waals surface area contributed by atoms with Gasteiger partial charge in [0.2, 0.25) is 10.0 Å². The number of halogens is 1. The van der Waals surface area contributed by atoms with Crippen molar-refractivity contribution in [2.75, 3.05) is 0 Å². The summed E-state index contributed by atoms with van der Waals surface area (Å²) in [5.41, 5.74) is 3.64. The second-order valence-electron chi connectivity index (χ2n) is 7.46. The quantitative estimate of drug-likeness (QED) is 0.424. The Bertz CT molecular complexity index is 1390. The third-order valence-electron chi connectivity index (χ3n) is 5.11. The SMILES string of the molecule is Cc1ccc(C(C)NS(=O)(=O)c2ccc3c(c2)sc(=O)n3Cc2ccc(Cl)cc2)cc1. The van der Waals surface area contributed by atoms with E-state index in [1.807, 2.05) is 50.2 Å². The Labute approximate surface area is 190 Å². The van der Waals surface area contributed by atoms with E-state index >= 15 is 0 Å². The lowest BCUT2D eigenvalue weighted by atomic mass is 10.1. The zero-order chi connectivity index (χ0) is 22.2. The van der Waals surface area contributed by atoms with Crippen LogP contribution in [0.2, 0.25) is 5.02 Å². The van der Waals surface area contributed by atoms with Gasteiger partial charge in [-0.05, 0) is 55.3 Å². The molecule has 1 N–H and O–H groups in total. The van der Waals surface area contributed by atoms with Crippen LogP contribution in [0.25, 0.3) is 10.2 Å². The molecule has 0 bridgehead atoms. The van der Waals surface area contributed by atoms with Gasteiger partial charge < -0.3 is 0 Å². The summed E-state index contributed by atoms with van der Waals surface area (Å²) in [4.78, 5) is 12.6. The van der Waals surface area contributed by atoms with Gasteiger partial charge in [0.05, 0.1) is 21.7 Å². The van der Waals surface area contributed by atoms with Crippen molar-refractivity contribution in [2.45, 2.75) is 31.3 Å². The number of hydrogen-bond donors (Lipinski definition) is 1. The van der Waals surface area contributed by atoms with Gasteiger partial charge >= 0.3 is 4.87 Å². The second-order valence-corrected chi connectivity index (χ2v) is 10.6. The Morgan fingerprint density at radius 2 is 1.71 bits per heavy atom. The average molecular weight is 473 g/mol. The molecule has 0 amide bonds. The molecule has 0 radical (unpaired) electrons. The van der Waals surface area contributed by atoms with Crippen LogP contribution in [0, 0.1) is 6.92 Å². The van der Waals surface area contributed by atoms with Crippen LogP contribution in [0.5, 0.6) is 0 Å². The Morgan fingerprint density at radius 3 is 2.39 bits per heavy atom. The van der Waals surface area contributed by atoms with Gasteiger partial charge in [-0.25, -0.2) is 13.1 Å². The lowest BCUT2D eigenvalue weighted by Crippen LogP contribution is -2.26. The van der Waals surface area contributed by atoms with Crippen LogP contribution in [0.1, 0.15) is 29.7 Å². The molecule has 31 heavy (non-hydrogen) atoms. The molecule has 8 heteroatoms. The number of aryl methyl sites for hydroxylation is 1. The molecule has 1 unspecified atom stereocenters. The van der Waals surface area contributed by atoms with Gasteiger partial charge in [-0.1, -0.05) is 64.9 Å². The first kappa shape index (κ1) is 21.8. The number of aromatic nitrogens is 1. The zero-order valence-electron chi connectivity index (χ0n) is 17.0. The van der Waals surface area contributed by atoms with Gasteiger partial charge in [-0.2, -0.15) is 0 Å². The van der Waals surface area contributed by atoms with Gasteiger partial charge in [0.1, 0.15) is 0 Å². The van der Waals surface area contributed by atoms with E-state index in [9.17, 15) is 13.2 Å². The van der Waals surface area contributed by atoms with E-state index < -0.39 is 10.0 Å². The van der Waals surface area contributed by atoms with E-state index in [1.54, 1.807) is 28.8 Å². The van der Waals surface area contributed by atoms with Gasteiger partial charge in [0.25, 0.3) is 0 Å². The molecule has 160 valence electrons. The molecule has 0 saturated heterocycles. The summed E-state index contributed by atoms with van der Waals surface area (Å²) in [5.74, 6) is 0. The summed E-state index contributed by atoms with van der Waals surface area (Å²) in [6.07, 6.45) is 0. The predicted molar refractivity (Wildman–Crippen MR) is 127 cm³/mol. The molecule has 4 aromatic rings. The fourth-order valence-electron chi connectivity index (χ4n) is 3.36. The molecule has 3 aromatic carbocycles. The van der Waals surface area contributed by atoms with Crippen LogP contribution in [0.4, 0.5) is 0 Å². The summed E-state index contributed by atoms with van der Waals surface area (Å²) < 4.78 is 30.9. The van der Waals surface area contributed by atoms with E-state index in [0.717, 1.165) is 28.0 Å². The summed E-state index contributed by atoms with van der Waals surface area (Å²) in [6.45, 7) is 4.19. The van der Waals surface area contributed by atoms with Crippen molar-refractivity contribution >= 4 is 43.2 Å². The van der Waals surface area contributed by atoms with E-state index in [2.05, 4.69) is 4.72 Å². The van der Waals surface area contributed by atoms with E-state index in [0.29, 0.717) is 21.8 Å². The van der Waals surface area contributed by atoms with Crippen molar-refractivity contribution in [3.8, 4) is 0 Å². The molecule has 0 saturated carbocycles. The Morgan fingerprint density at radius 1 is 1.03 bits per heavy atom. The van der Waals surface area contributed by atoms with Crippen molar-refractivity contribution in [1.82, 2.24) is 9.29 Å². The van der Waals surface area contributed by atoms with Crippen molar-refractivity contribution in [2.24, 2.45) is 0 Å². The largest absolute Gasteiger partial charge is 0.308 e. The fourth-order valence-corrected chi connectivity index (χ4v) is 5.75. The molecule has 0 fully saturated rings. The number of thiazole rings is 1. The van der Waals surface area contributed by atoms with Crippen LogP contribution in [0.15, 0.2) is 76.4 Å². The van der Waals surface area contributed by atoms with Crippen LogP contribution >= 0.6 is 22.9 Å². The average Bonchev–Trinajstić information content (AvgIpc) is 3.04. The first-order chi connectivity index (χ1) is 14.7. The monoisotopic (exact) mass is 472 g/mol. The molecule has 0 aliphatic heterocycles. The molecular weight excluding hydrogens is 452 g/mol. The van der Waals surface area contributed by atoms with Gasteiger partial charge in [0, 0.05) is 11.1 Å². The first-order valence-corrected chi connectivity index (χ1v) is 12.4. The molecule has 1 atom stereocenters. The van der Waals surface area contributed by atoms with E-state index in [4.69, 9.17) is 11.6 Å². The molecule has 4 rings (SSSR count). The molecule has 0 spiro atoms. The summed E-state index contributed by atoms with van der Waals surface area (Å²) in [5, 5.41) is 0.633. The zero-order valence-corrected chi connectivity index (χ0v) is 19.4. The maximum atomic E-state index is 12.9. The van der Waals surface area contributed by atoms with Crippen molar-refractivity contribution < 1.29 is 8.42 Å². The number of fused-ring (bicyclic) bond motifs is 1. The highest BCUT2D eigenvalue weighted by molar-refractivity contribution is 7.89. The first-order valence-electron chi connectivity index (χ1n) is 9.70. The van der Waals surface area contributed by atoms with Crippen molar-refractivity contribution in [1.29, 1.82) is 0 Å². The van der Waals surface area contributed by atoms with Gasteiger partial charge in [0.15, 0.2) is 0 Å². The highest BCUT2D eigenvalue weighted by Crippen LogP contribution is 2.24. The molecule has 0 aliphatic rings. The molecule has 0 aliphatic carbocycles. The van der Waals surface area contributed by atoms with Crippen LogP contribution in [-0.4, -0.2) is 13.0 Å². The number of benzene rings is 3. The topological polar surface area (TPSA) is 68.2 Å². The standard InChI is InChI=1S/C23H21ClN2O3S2/c1-15-3-7-18(8-4-15)16(2)25-31(28,29)20-11-12-21-22(13-20)30-23(27)26(21)14-17-5-9-19(24)10-6-17/h3-13,16,25H,14H2,1-2H3. The Hall–Kier alpha value is -2.45. The number of rotatable bonds is 6. The minimum absolute atomic E-state index is 0.138. The molecule has 5 nitrogen and oxygen atoms in total. The van der Waals surface area contributed by atoms with Crippen LogP contribution in [-0.2, 0) is 16.6 Å².